The first-order valence-corrected chi connectivity index (χ1v) is 4.59. The van der Waals surface area contributed by atoms with Crippen molar-refractivity contribution in [3.63, 3.8) is 0 Å². The average molecular weight is 175 g/mol. The molecule has 12 heavy (non-hydrogen) atoms. The molecule has 1 rings (SSSR count). The molecule has 0 N–H and O–H groups in total. The summed E-state index contributed by atoms with van der Waals surface area (Å²) >= 11 is 0. The molecule has 2 atom stereocenters. The van der Waals surface area contributed by atoms with E-state index < -0.39 is 6.36 Å². The summed E-state index contributed by atoms with van der Waals surface area (Å²) in [4.78, 5) is 2.13. The smallest absolute Gasteiger partial charge is 0.211 e. The van der Waals surface area contributed by atoms with Gasteiger partial charge in [-0.15, -0.1) is 0 Å². The summed E-state index contributed by atoms with van der Waals surface area (Å²) < 4.78 is 18.0. The third-order valence-electron chi connectivity index (χ3n) is 2.22. The van der Waals surface area contributed by atoms with Crippen molar-refractivity contribution in [2.24, 2.45) is 5.92 Å². The Morgan fingerprint density at radius 3 is 2.67 bits per heavy atom. The van der Waals surface area contributed by atoms with Crippen LogP contribution in [0.1, 0.15) is 20.8 Å². The Hall–Kier alpha value is -0.150. The maximum atomic E-state index is 13.0. The molecule has 1 fully saturated rings. The molecule has 1 aliphatic heterocycles. The van der Waals surface area contributed by atoms with Crippen LogP contribution in [0.5, 0.6) is 0 Å². The van der Waals surface area contributed by atoms with Crippen molar-refractivity contribution in [2.75, 3.05) is 19.7 Å². The number of ether oxygens (including phenoxy) is 1. The fourth-order valence-corrected chi connectivity index (χ4v) is 1.45. The molecule has 1 unspecified atom stereocenters. The Balaban J connectivity index is 2.49. The molecular formula is C9H18FNO. The molecule has 0 aromatic rings. The van der Waals surface area contributed by atoms with Gasteiger partial charge in [-0.1, -0.05) is 6.92 Å². The number of halogens is 1. The Kier molecular flexibility index (Phi) is 3.47. The first-order chi connectivity index (χ1) is 5.59. The third-order valence-corrected chi connectivity index (χ3v) is 2.22. The van der Waals surface area contributed by atoms with Crippen LogP contribution in [-0.2, 0) is 4.74 Å². The monoisotopic (exact) mass is 175 g/mol. The normalized spacial score (nSPS) is 33.8. The first kappa shape index (κ1) is 9.93. The molecule has 0 saturated carbocycles. The van der Waals surface area contributed by atoms with Gasteiger partial charge >= 0.3 is 0 Å². The van der Waals surface area contributed by atoms with E-state index in [9.17, 15) is 4.39 Å². The molecule has 3 heteroatoms. The van der Waals surface area contributed by atoms with Gasteiger partial charge in [-0.3, -0.25) is 4.90 Å². The van der Waals surface area contributed by atoms with Gasteiger partial charge in [-0.05, 0) is 19.8 Å². The molecule has 2 nitrogen and oxygen atoms in total. The van der Waals surface area contributed by atoms with Crippen LogP contribution in [0.25, 0.3) is 0 Å². The maximum Gasteiger partial charge on any atom is 0.211 e. The largest absolute Gasteiger partial charge is 0.347 e. The highest BCUT2D eigenvalue weighted by Crippen LogP contribution is 2.13. The number of hydrogen-bond acceptors (Lipinski definition) is 2. The van der Waals surface area contributed by atoms with E-state index in [1.54, 1.807) is 0 Å². The first-order valence-electron chi connectivity index (χ1n) is 4.59. The predicted octanol–water partition coefficient (Wildman–Crippen LogP) is 1.66. The van der Waals surface area contributed by atoms with Gasteiger partial charge in [0.25, 0.3) is 0 Å². The summed E-state index contributed by atoms with van der Waals surface area (Å²) in [6.45, 7) is 8.17. The zero-order chi connectivity index (χ0) is 9.14. The van der Waals surface area contributed by atoms with Crippen LogP contribution in [0.2, 0.25) is 0 Å². The lowest BCUT2D eigenvalue weighted by Crippen LogP contribution is -2.36. The fraction of sp³-hybridized carbons (Fsp3) is 1.00. The van der Waals surface area contributed by atoms with Crippen molar-refractivity contribution in [3.8, 4) is 0 Å². The van der Waals surface area contributed by atoms with Crippen molar-refractivity contribution in [1.82, 2.24) is 4.90 Å². The lowest BCUT2D eigenvalue weighted by atomic mass is 10.1. The van der Waals surface area contributed by atoms with E-state index in [2.05, 4.69) is 25.7 Å². The Labute approximate surface area is 73.7 Å². The summed E-state index contributed by atoms with van der Waals surface area (Å²) in [5.41, 5.74) is 0. The molecule has 0 amide bonds. The van der Waals surface area contributed by atoms with Crippen molar-refractivity contribution < 1.29 is 9.13 Å². The SMILES string of the molecule is CC(C)N1CC(F)OC[C@@H](C)C1. The minimum absolute atomic E-state index is 0.410. The summed E-state index contributed by atoms with van der Waals surface area (Å²) in [6.07, 6.45) is -1.10. The topological polar surface area (TPSA) is 12.5 Å². The summed E-state index contributed by atoms with van der Waals surface area (Å²) in [6, 6.07) is 0.410. The number of alkyl halides is 1. The molecule has 0 aliphatic carbocycles. The average Bonchev–Trinajstić information content (AvgIpc) is 2.13. The molecule has 0 aromatic heterocycles. The second-order valence-electron chi connectivity index (χ2n) is 3.90. The second kappa shape index (κ2) is 4.19. The highest BCUT2D eigenvalue weighted by molar-refractivity contribution is 4.70. The van der Waals surface area contributed by atoms with E-state index in [-0.39, 0.29) is 0 Å². The van der Waals surface area contributed by atoms with Gasteiger partial charge in [0.15, 0.2) is 0 Å². The van der Waals surface area contributed by atoms with E-state index in [1.807, 2.05) is 0 Å². The van der Waals surface area contributed by atoms with Gasteiger partial charge in [0.2, 0.25) is 6.36 Å². The summed E-state index contributed by atoms with van der Waals surface area (Å²) in [7, 11) is 0. The van der Waals surface area contributed by atoms with Gasteiger partial charge in [-0.25, -0.2) is 4.39 Å². The van der Waals surface area contributed by atoms with Crippen LogP contribution in [0.4, 0.5) is 4.39 Å². The lowest BCUT2D eigenvalue weighted by Gasteiger charge is -2.25. The predicted molar refractivity (Wildman–Crippen MR) is 46.7 cm³/mol. The minimum Gasteiger partial charge on any atom is -0.347 e. The van der Waals surface area contributed by atoms with Crippen molar-refractivity contribution >= 4 is 0 Å². The number of rotatable bonds is 1. The fourth-order valence-electron chi connectivity index (χ4n) is 1.45. The molecule has 1 saturated heterocycles. The highest BCUT2D eigenvalue weighted by Gasteiger charge is 2.23. The van der Waals surface area contributed by atoms with Gasteiger partial charge < -0.3 is 4.74 Å². The zero-order valence-electron chi connectivity index (χ0n) is 8.09. The minimum atomic E-state index is -1.10. The van der Waals surface area contributed by atoms with E-state index in [0.717, 1.165) is 6.54 Å². The van der Waals surface area contributed by atoms with E-state index >= 15 is 0 Å². The molecule has 0 bridgehead atoms. The van der Waals surface area contributed by atoms with Gasteiger partial charge in [0.1, 0.15) is 0 Å². The van der Waals surface area contributed by atoms with Crippen LogP contribution >= 0.6 is 0 Å². The quantitative estimate of drug-likeness (QED) is 0.601. The van der Waals surface area contributed by atoms with E-state index in [0.29, 0.717) is 25.1 Å². The second-order valence-corrected chi connectivity index (χ2v) is 3.90. The van der Waals surface area contributed by atoms with Crippen LogP contribution in [-0.4, -0.2) is 37.0 Å². The Morgan fingerprint density at radius 2 is 2.08 bits per heavy atom. The van der Waals surface area contributed by atoms with Crippen LogP contribution in [0.15, 0.2) is 0 Å². The van der Waals surface area contributed by atoms with Crippen LogP contribution in [0, 0.1) is 5.92 Å². The Morgan fingerprint density at radius 1 is 1.42 bits per heavy atom. The van der Waals surface area contributed by atoms with Crippen molar-refractivity contribution in [3.05, 3.63) is 0 Å². The van der Waals surface area contributed by atoms with Gasteiger partial charge in [0.05, 0.1) is 13.2 Å². The molecule has 72 valence electrons. The van der Waals surface area contributed by atoms with E-state index in [1.165, 1.54) is 0 Å². The summed E-state index contributed by atoms with van der Waals surface area (Å²) in [5, 5.41) is 0. The van der Waals surface area contributed by atoms with Crippen molar-refractivity contribution in [2.45, 2.75) is 33.2 Å². The lowest BCUT2D eigenvalue weighted by molar-refractivity contribution is -0.0455. The molecular weight excluding hydrogens is 157 g/mol. The molecule has 0 radical (unpaired) electrons. The molecule has 0 aromatic carbocycles. The Bertz CT molecular complexity index is 128. The molecule has 0 spiro atoms. The van der Waals surface area contributed by atoms with Gasteiger partial charge in [-0.2, -0.15) is 0 Å². The third kappa shape index (κ3) is 2.72. The molecule has 1 heterocycles. The van der Waals surface area contributed by atoms with E-state index in [4.69, 9.17) is 4.74 Å². The highest BCUT2D eigenvalue weighted by atomic mass is 19.1. The van der Waals surface area contributed by atoms with Crippen LogP contribution < -0.4 is 0 Å². The standard InChI is InChI=1S/C9H18FNO/c1-7(2)11-4-8(3)6-12-9(10)5-11/h7-9H,4-6H2,1-3H3/t8-,9?/m0/s1. The van der Waals surface area contributed by atoms with Gasteiger partial charge in [0, 0.05) is 12.6 Å². The van der Waals surface area contributed by atoms with Crippen LogP contribution in [0.3, 0.4) is 0 Å². The maximum absolute atomic E-state index is 13.0. The molecule has 1 aliphatic rings. The number of hydrogen-bond donors (Lipinski definition) is 0. The summed E-state index contributed by atoms with van der Waals surface area (Å²) in [5.74, 6) is 0.438. The zero-order valence-corrected chi connectivity index (χ0v) is 8.09. The number of nitrogens with zero attached hydrogens (tertiary/aromatic N) is 1. The van der Waals surface area contributed by atoms with Crippen molar-refractivity contribution in [1.29, 1.82) is 0 Å².